The normalized spacial score (nSPS) is 14.7. The van der Waals surface area contributed by atoms with Crippen molar-refractivity contribution in [1.82, 2.24) is 4.90 Å². The molecule has 7 heteroatoms. The van der Waals surface area contributed by atoms with Crippen LogP contribution >= 0.6 is 24.8 Å². The van der Waals surface area contributed by atoms with Crippen molar-refractivity contribution in [3.63, 3.8) is 0 Å². The maximum absolute atomic E-state index is 12.3. The lowest BCUT2D eigenvalue weighted by Gasteiger charge is -2.31. The zero-order valence-corrected chi connectivity index (χ0v) is 16.8. The van der Waals surface area contributed by atoms with Crippen LogP contribution in [-0.2, 0) is 6.54 Å². The van der Waals surface area contributed by atoms with Gasteiger partial charge in [0.15, 0.2) is 0 Å². The van der Waals surface area contributed by atoms with Crippen molar-refractivity contribution in [3.8, 4) is 0 Å². The molecule has 1 saturated heterocycles. The fourth-order valence-electron chi connectivity index (χ4n) is 3.22. The molecule has 3 rings (SSSR count). The van der Waals surface area contributed by atoms with Gasteiger partial charge in [-0.1, -0.05) is 18.2 Å². The van der Waals surface area contributed by atoms with Gasteiger partial charge in [0.05, 0.1) is 0 Å². The van der Waals surface area contributed by atoms with E-state index in [1.807, 2.05) is 18.2 Å². The molecule has 0 aliphatic carbocycles. The molecule has 0 spiro atoms. The Balaban J connectivity index is 0.00000182. The highest BCUT2D eigenvalue weighted by molar-refractivity contribution is 6.04. The van der Waals surface area contributed by atoms with E-state index in [0.29, 0.717) is 23.8 Å². The zero-order valence-electron chi connectivity index (χ0n) is 15.1. The summed E-state index contributed by atoms with van der Waals surface area (Å²) in [6, 6.07) is 14.9. The lowest BCUT2D eigenvalue weighted by atomic mass is 9.97. The minimum Gasteiger partial charge on any atom is -0.399 e. The number of likely N-dealkylation sites (tertiary alicyclic amines) is 1. The van der Waals surface area contributed by atoms with Gasteiger partial charge >= 0.3 is 0 Å². The summed E-state index contributed by atoms with van der Waals surface area (Å²) in [4.78, 5) is 14.7. The fraction of sp³-hybridized carbons (Fsp3) is 0.350. The maximum Gasteiger partial charge on any atom is 0.255 e. The molecule has 0 bridgehead atoms. The Morgan fingerprint density at radius 3 is 2.48 bits per heavy atom. The molecule has 4 N–H and O–H groups in total. The van der Waals surface area contributed by atoms with Crippen LogP contribution in [0, 0.1) is 5.92 Å². The summed E-state index contributed by atoms with van der Waals surface area (Å²) >= 11 is 0. The van der Waals surface area contributed by atoms with Crippen LogP contribution in [0.15, 0.2) is 48.5 Å². The number of carbonyl (C=O) groups excluding carboxylic acids is 1. The van der Waals surface area contributed by atoms with E-state index in [0.717, 1.165) is 38.2 Å². The maximum atomic E-state index is 12.3. The Bertz CT molecular complexity index is 735. The van der Waals surface area contributed by atoms with Crippen LogP contribution in [-0.4, -0.2) is 35.6 Å². The van der Waals surface area contributed by atoms with Crippen LogP contribution < -0.4 is 11.1 Å². The summed E-state index contributed by atoms with van der Waals surface area (Å²) in [6.45, 7) is 3.16. The molecule has 1 aliphatic heterocycles. The molecule has 148 valence electrons. The third-order valence-electron chi connectivity index (χ3n) is 4.71. The number of aliphatic hydroxyl groups excluding tert-OH is 1. The summed E-state index contributed by atoms with van der Waals surface area (Å²) in [5.41, 5.74) is 8.83. The van der Waals surface area contributed by atoms with E-state index in [9.17, 15) is 9.90 Å². The molecule has 0 atom stereocenters. The highest BCUT2D eigenvalue weighted by Crippen LogP contribution is 2.20. The number of anilines is 2. The average Bonchev–Trinajstić information content (AvgIpc) is 2.63. The largest absolute Gasteiger partial charge is 0.399 e. The van der Waals surface area contributed by atoms with Crippen molar-refractivity contribution in [2.75, 3.05) is 30.7 Å². The summed E-state index contributed by atoms with van der Waals surface area (Å²) in [5, 5.41) is 12.2. The topological polar surface area (TPSA) is 78.6 Å². The Hall–Kier alpha value is -1.79. The lowest BCUT2D eigenvalue weighted by molar-refractivity contribution is 0.102. The van der Waals surface area contributed by atoms with Crippen molar-refractivity contribution < 1.29 is 9.90 Å². The van der Waals surface area contributed by atoms with Crippen LogP contribution in [0.3, 0.4) is 0 Å². The van der Waals surface area contributed by atoms with Crippen molar-refractivity contribution >= 4 is 42.1 Å². The SMILES string of the molecule is Cl.Cl.Nc1cccc(C(=O)Nc2cccc(CN3CCC(CO)CC3)c2)c1. The van der Waals surface area contributed by atoms with E-state index in [2.05, 4.69) is 16.3 Å². The summed E-state index contributed by atoms with van der Waals surface area (Å²) < 4.78 is 0. The number of benzene rings is 2. The minimum absolute atomic E-state index is 0. The molecule has 0 saturated carbocycles. The number of rotatable bonds is 5. The number of amides is 1. The first-order valence-corrected chi connectivity index (χ1v) is 8.73. The van der Waals surface area contributed by atoms with E-state index in [4.69, 9.17) is 5.73 Å². The third-order valence-corrected chi connectivity index (χ3v) is 4.71. The van der Waals surface area contributed by atoms with E-state index in [-0.39, 0.29) is 30.7 Å². The smallest absolute Gasteiger partial charge is 0.255 e. The van der Waals surface area contributed by atoms with Crippen LogP contribution in [0.25, 0.3) is 0 Å². The molecular formula is C20H27Cl2N3O2. The molecule has 1 amide bonds. The molecule has 2 aromatic rings. The summed E-state index contributed by atoms with van der Waals surface area (Å²) in [7, 11) is 0. The number of hydrogen-bond acceptors (Lipinski definition) is 4. The van der Waals surface area contributed by atoms with E-state index in [1.165, 1.54) is 5.56 Å². The second-order valence-electron chi connectivity index (χ2n) is 6.68. The zero-order chi connectivity index (χ0) is 17.6. The second kappa shape index (κ2) is 11.1. The molecule has 27 heavy (non-hydrogen) atoms. The molecule has 0 unspecified atom stereocenters. The van der Waals surface area contributed by atoms with Gasteiger partial charge in [0, 0.05) is 30.1 Å². The van der Waals surface area contributed by atoms with Gasteiger partial charge in [-0.25, -0.2) is 0 Å². The molecule has 2 aromatic carbocycles. The van der Waals surface area contributed by atoms with Gasteiger partial charge < -0.3 is 16.2 Å². The van der Waals surface area contributed by atoms with Gasteiger partial charge in [0.1, 0.15) is 0 Å². The molecule has 1 fully saturated rings. The van der Waals surface area contributed by atoms with Gasteiger partial charge in [-0.05, 0) is 67.7 Å². The predicted molar refractivity (Wildman–Crippen MR) is 115 cm³/mol. The Kier molecular flexibility index (Phi) is 9.60. The molecule has 0 radical (unpaired) electrons. The van der Waals surface area contributed by atoms with Crippen LogP contribution in [0.1, 0.15) is 28.8 Å². The Morgan fingerprint density at radius 2 is 1.81 bits per heavy atom. The predicted octanol–water partition coefficient (Wildman–Crippen LogP) is 3.57. The van der Waals surface area contributed by atoms with Crippen molar-refractivity contribution in [2.45, 2.75) is 19.4 Å². The standard InChI is InChI=1S/C20H25N3O2.2ClH/c21-18-5-2-4-17(12-18)20(25)22-19-6-1-3-16(11-19)13-23-9-7-15(14-24)8-10-23;;/h1-6,11-12,15,24H,7-10,13-14,21H2,(H,22,25);2*1H. The van der Waals surface area contributed by atoms with Gasteiger partial charge in [0.2, 0.25) is 0 Å². The summed E-state index contributed by atoms with van der Waals surface area (Å²) in [5.74, 6) is 0.286. The molecular weight excluding hydrogens is 385 g/mol. The number of halogens is 2. The van der Waals surface area contributed by atoms with Gasteiger partial charge in [0.25, 0.3) is 5.91 Å². The van der Waals surface area contributed by atoms with Crippen LogP contribution in [0.5, 0.6) is 0 Å². The number of hydrogen-bond donors (Lipinski definition) is 3. The summed E-state index contributed by atoms with van der Waals surface area (Å²) in [6.07, 6.45) is 2.09. The highest BCUT2D eigenvalue weighted by atomic mass is 35.5. The number of piperidine rings is 1. The second-order valence-corrected chi connectivity index (χ2v) is 6.68. The van der Waals surface area contributed by atoms with Gasteiger partial charge in [-0.3, -0.25) is 9.69 Å². The van der Waals surface area contributed by atoms with E-state index in [1.54, 1.807) is 24.3 Å². The Labute approximate surface area is 172 Å². The third kappa shape index (κ3) is 6.70. The van der Waals surface area contributed by atoms with Crippen molar-refractivity contribution in [3.05, 3.63) is 59.7 Å². The first-order chi connectivity index (χ1) is 12.1. The quantitative estimate of drug-likeness (QED) is 0.657. The van der Waals surface area contributed by atoms with E-state index >= 15 is 0 Å². The Morgan fingerprint density at radius 1 is 1.11 bits per heavy atom. The number of carbonyl (C=O) groups is 1. The fourth-order valence-corrected chi connectivity index (χ4v) is 3.22. The molecule has 0 aromatic heterocycles. The molecule has 5 nitrogen and oxygen atoms in total. The highest BCUT2D eigenvalue weighted by Gasteiger charge is 2.18. The number of nitrogens with one attached hydrogen (secondary N) is 1. The number of nitrogens with zero attached hydrogens (tertiary/aromatic N) is 1. The van der Waals surface area contributed by atoms with Gasteiger partial charge in [-0.15, -0.1) is 24.8 Å². The average molecular weight is 412 g/mol. The van der Waals surface area contributed by atoms with Crippen LogP contribution in [0.2, 0.25) is 0 Å². The van der Waals surface area contributed by atoms with Crippen molar-refractivity contribution in [1.29, 1.82) is 0 Å². The first kappa shape index (κ1) is 23.2. The lowest BCUT2D eigenvalue weighted by Crippen LogP contribution is -2.34. The van der Waals surface area contributed by atoms with Crippen LogP contribution in [0.4, 0.5) is 11.4 Å². The first-order valence-electron chi connectivity index (χ1n) is 8.73. The number of nitrogens with two attached hydrogens (primary N) is 1. The molecule has 1 heterocycles. The minimum atomic E-state index is -0.159. The monoisotopic (exact) mass is 411 g/mol. The van der Waals surface area contributed by atoms with E-state index < -0.39 is 0 Å². The number of nitrogen functional groups attached to an aromatic ring is 1. The van der Waals surface area contributed by atoms with Crippen molar-refractivity contribution in [2.24, 2.45) is 5.92 Å². The number of aliphatic hydroxyl groups is 1. The van der Waals surface area contributed by atoms with Gasteiger partial charge in [-0.2, -0.15) is 0 Å². The molecule has 1 aliphatic rings.